The van der Waals surface area contributed by atoms with E-state index in [0.717, 1.165) is 33.7 Å². The molecule has 0 spiro atoms. The van der Waals surface area contributed by atoms with E-state index in [4.69, 9.17) is 4.99 Å². The molecule has 0 saturated carbocycles. The van der Waals surface area contributed by atoms with E-state index >= 15 is 0 Å². The third-order valence-corrected chi connectivity index (χ3v) is 5.05. The van der Waals surface area contributed by atoms with Crippen molar-refractivity contribution in [2.24, 2.45) is 4.99 Å². The van der Waals surface area contributed by atoms with Gasteiger partial charge in [-0.3, -0.25) is 0 Å². The molecule has 0 bridgehead atoms. The number of hydrogen-bond donors (Lipinski definition) is 2. The van der Waals surface area contributed by atoms with Gasteiger partial charge in [0.25, 0.3) is 0 Å². The van der Waals surface area contributed by atoms with Crippen LogP contribution in [0.25, 0.3) is 0 Å². The zero-order chi connectivity index (χ0) is 21.0. The molecule has 0 amide bonds. The van der Waals surface area contributed by atoms with Gasteiger partial charge in [-0.15, -0.1) is 0 Å². The first-order valence-electron chi connectivity index (χ1n) is 10.1. The molecule has 0 aliphatic rings. The molecule has 3 rings (SSSR count). The highest BCUT2D eigenvalue weighted by Gasteiger charge is 2.21. The summed E-state index contributed by atoms with van der Waals surface area (Å²) >= 11 is 0. The number of rotatable bonds is 6. The normalized spacial score (nSPS) is 11.0. The fourth-order valence-corrected chi connectivity index (χ4v) is 3.46. The van der Waals surface area contributed by atoms with Gasteiger partial charge >= 0.3 is 7.12 Å². The van der Waals surface area contributed by atoms with Gasteiger partial charge < -0.3 is 10.0 Å². The first-order chi connectivity index (χ1) is 13.9. The van der Waals surface area contributed by atoms with Crippen LogP contribution in [0.2, 0.25) is 0 Å². The average molecular weight is 385 g/mol. The van der Waals surface area contributed by atoms with E-state index in [1.54, 1.807) is 0 Å². The van der Waals surface area contributed by atoms with E-state index in [-0.39, 0.29) is 11.8 Å². The smallest absolute Gasteiger partial charge is 0.423 e. The summed E-state index contributed by atoms with van der Waals surface area (Å²) < 4.78 is 0. The van der Waals surface area contributed by atoms with Crippen LogP contribution in [0.1, 0.15) is 61.8 Å². The molecule has 3 aromatic rings. The molecule has 29 heavy (non-hydrogen) atoms. The zero-order valence-corrected chi connectivity index (χ0v) is 17.5. The van der Waals surface area contributed by atoms with E-state index in [0.29, 0.717) is 5.46 Å². The van der Waals surface area contributed by atoms with Crippen molar-refractivity contribution in [3.05, 3.63) is 95.1 Å². The lowest BCUT2D eigenvalue weighted by molar-refractivity contribution is 0.425. The third kappa shape index (κ3) is 4.84. The van der Waals surface area contributed by atoms with Crippen molar-refractivity contribution >= 4 is 24.0 Å². The topological polar surface area (TPSA) is 52.8 Å². The van der Waals surface area contributed by atoms with Gasteiger partial charge in [-0.05, 0) is 28.4 Å². The maximum absolute atomic E-state index is 9.78. The molecule has 0 saturated heterocycles. The van der Waals surface area contributed by atoms with Gasteiger partial charge in [0, 0.05) is 11.1 Å². The minimum absolute atomic E-state index is 0.192. The highest BCUT2D eigenvalue weighted by atomic mass is 16.4. The van der Waals surface area contributed by atoms with Crippen LogP contribution in [0, 0.1) is 0 Å². The summed E-state index contributed by atoms with van der Waals surface area (Å²) in [7, 11) is -1.49. The number of hydrogen-bond acceptors (Lipinski definition) is 3. The van der Waals surface area contributed by atoms with Crippen LogP contribution in [0.4, 0.5) is 5.69 Å². The van der Waals surface area contributed by atoms with Gasteiger partial charge in [-0.25, -0.2) is 4.99 Å². The maximum atomic E-state index is 9.78. The Labute approximate surface area is 173 Å². The SMILES string of the molecule is CC(C)c1cc(B(O)O)cc(C(C)C)c1N=C(c1ccccc1)c1ccccc1. The Hall–Kier alpha value is -2.69. The largest absolute Gasteiger partial charge is 0.488 e. The van der Waals surface area contributed by atoms with Gasteiger partial charge in [-0.1, -0.05) is 100 Å². The number of nitrogens with zero attached hydrogens (tertiary/aromatic N) is 1. The van der Waals surface area contributed by atoms with Gasteiger partial charge in [-0.2, -0.15) is 0 Å². The van der Waals surface area contributed by atoms with Gasteiger partial charge in [0.2, 0.25) is 0 Å². The monoisotopic (exact) mass is 385 g/mol. The Morgan fingerprint density at radius 2 is 1.14 bits per heavy atom. The molecular weight excluding hydrogens is 357 g/mol. The summed E-state index contributed by atoms with van der Waals surface area (Å²) in [5.41, 5.74) is 6.47. The second kappa shape index (κ2) is 9.21. The molecule has 0 radical (unpaired) electrons. The minimum Gasteiger partial charge on any atom is -0.423 e. The van der Waals surface area contributed by atoms with Crippen LogP contribution >= 0.6 is 0 Å². The number of aliphatic imine (C=N–C) groups is 1. The molecule has 0 aliphatic heterocycles. The van der Waals surface area contributed by atoms with E-state index < -0.39 is 7.12 Å². The second-order valence-electron chi connectivity index (χ2n) is 7.92. The molecule has 0 fully saturated rings. The van der Waals surface area contributed by atoms with E-state index in [1.165, 1.54) is 0 Å². The molecule has 4 heteroatoms. The molecule has 0 unspecified atom stereocenters. The van der Waals surface area contributed by atoms with E-state index in [2.05, 4.69) is 52.0 Å². The molecule has 148 valence electrons. The fourth-order valence-electron chi connectivity index (χ4n) is 3.46. The van der Waals surface area contributed by atoms with E-state index in [9.17, 15) is 10.0 Å². The Bertz CT molecular complexity index is 910. The van der Waals surface area contributed by atoms with Crippen molar-refractivity contribution in [1.29, 1.82) is 0 Å². The summed E-state index contributed by atoms with van der Waals surface area (Å²) in [5, 5.41) is 19.6. The molecule has 2 N–H and O–H groups in total. The average Bonchev–Trinajstić information content (AvgIpc) is 2.72. The molecule has 3 nitrogen and oxygen atoms in total. The van der Waals surface area contributed by atoms with E-state index in [1.807, 2.05) is 48.5 Å². The summed E-state index contributed by atoms with van der Waals surface area (Å²) in [6.45, 7) is 8.43. The standard InChI is InChI=1S/C25H28BNO2/c1-17(2)22-15-21(26(28)29)16-23(18(3)4)25(22)27-24(19-11-7-5-8-12-19)20-13-9-6-10-14-20/h5-18,28-29H,1-4H3. The molecule has 0 atom stereocenters. The third-order valence-electron chi connectivity index (χ3n) is 5.05. The van der Waals surface area contributed by atoms with Gasteiger partial charge in [0.15, 0.2) is 0 Å². The summed E-state index contributed by atoms with van der Waals surface area (Å²) in [6.07, 6.45) is 0. The zero-order valence-electron chi connectivity index (χ0n) is 17.5. The lowest BCUT2D eigenvalue weighted by Gasteiger charge is -2.20. The van der Waals surface area contributed by atoms with Crippen LogP contribution < -0.4 is 5.46 Å². The Kier molecular flexibility index (Phi) is 6.68. The summed E-state index contributed by atoms with van der Waals surface area (Å²) in [6, 6.07) is 24.1. The molecule has 0 heterocycles. The predicted octanol–water partition coefficient (Wildman–Crippen LogP) is 4.78. The summed E-state index contributed by atoms with van der Waals surface area (Å²) in [5.74, 6) is 0.385. The lowest BCUT2D eigenvalue weighted by Crippen LogP contribution is -2.31. The van der Waals surface area contributed by atoms with Crippen LogP contribution in [0.15, 0.2) is 77.8 Å². The molecule has 0 aromatic heterocycles. The van der Waals surface area contributed by atoms with Crippen LogP contribution in [0.5, 0.6) is 0 Å². The van der Waals surface area contributed by atoms with Crippen molar-refractivity contribution in [3.8, 4) is 0 Å². The van der Waals surface area contributed by atoms with Crippen molar-refractivity contribution in [2.45, 2.75) is 39.5 Å². The minimum atomic E-state index is -1.49. The van der Waals surface area contributed by atoms with Crippen molar-refractivity contribution in [1.82, 2.24) is 0 Å². The van der Waals surface area contributed by atoms with Crippen molar-refractivity contribution in [2.75, 3.05) is 0 Å². The first kappa shape index (κ1) is 21.0. The predicted molar refractivity (Wildman–Crippen MR) is 123 cm³/mol. The fraction of sp³-hybridized carbons (Fsp3) is 0.240. The summed E-state index contributed by atoms with van der Waals surface area (Å²) in [4.78, 5) is 5.20. The highest BCUT2D eigenvalue weighted by Crippen LogP contribution is 2.35. The Morgan fingerprint density at radius 3 is 1.48 bits per heavy atom. The molecule has 0 aliphatic carbocycles. The second-order valence-corrected chi connectivity index (χ2v) is 7.92. The van der Waals surface area contributed by atoms with Crippen molar-refractivity contribution in [3.63, 3.8) is 0 Å². The van der Waals surface area contributed by atoms with Crippen LogP contribution in [-0.2, 0) is 0 Å². The van der Waals surface area contributed by atoms with Crippen molar-refractivity contribution < 1.29 is 10.0 Å². The number of benzene rings is 3. The highest BCUT2D eigenvalue weighted by molar-refractivity contribution is 6.58. The maximum Gasteiger partial charge on any atom is 0.488 e. The Morgan fingerprint density at radius 1 is 0.724 bits per heavy atom. The van der Waals surface area contributed by atoms with Gasteiger partial charge in [0.05, 0.1) is 11.4 Å². The van der Waals surface area contributed by atoms with Crippen LogP contribution in [-0.4, -0.2) is 22.9 Å². The first-order valence-corrected chi connectivity index (χ1v) is 10.1. The lowest BCUT2D eigenvalue weighted by atomic mass is 9.76. The Balaban J connectivity index is 2.32. The quantitative estimate of drug-likeness (QED) is 0.474. The molecule has 3 aromatic carbocycles. The van der Waals surface area contributed by atoms with Crippen LogP contribution in [0.3, 0.4) is 0 Å². The molecular formula is C25H28BNO2. The van der Waals surface area contributed by atoms with Gasteiger partial charge in [0.1, 0.15) is 0 Å².